The molecule has 0 bridgehead atoms. The first-order valence-corrected chi connectivity index (χ1v) is 6.26. The van der Waals surface area contributed by atoms with Crippen molar-refractivity contribution in [2.45, 2.75) is 19.6 Å². The second kappa shape index (κ2) is 9.64. The van der Waals surface area contributed by atoms with E-state index in [0.29, 0.717) is 31.2 Å². The van der Waals surface area contributed by atoms with E-state index >= 15 is 0 Å². The average Bonchev–Trinajstić information content (AvgIpc) is 2.41. The van der Waals surface area contributed by atoms with E-state index in [1.165, 1.54) is 12.1 Å². The van der Waals surface area contributed by atoms with E-state index in [4.69, 9.17) is 0 Å². The van der Waals surface area contributed by atoms with Crippen molar-refractivity contribution in [2.75, 3.05) is 13.1 Å². The van der Waals surface area contributed by atoms with Crippen LogP contribution in [0.4, 0.5) is 13.2 Å². The highest BCUT2D eigenvalue weighted by molar-refractivity contribution is 14.0. The molecule has 2 N–H and O–H groups in total. The van der Waals surface area contributed by atoms with Crippen molar-refractivity contribution < 1.29 is 13.2 Å². The Labute approximate surface area is 139 Å². The highest BCUT2D eigenvalue weighted by Gasteiger charge is 2.29. The molecular weight excluding hydrogens is 394 g/mol. The van der Waals surface area contributed by atoms with Crippen LogP contribution >= 0.6 is 24.0 Å². The maximum atomic E-state index is 12.4. The summed E-state index contributed by atoms with van der Waals surface area (Å²) in [4.78, 5) is 4.28. The first-order valence-electron chi connectivity index (χ1n) is 6.26. The van der Waals surface area contributed by atoms with Crippen LogP contribution in [-0.4, -0.2) is 19.0 Å². The smallest absolute Gasteiger partial charge is 0.357 e. The van der Waals surface area contributed by atoms with Gasteiger partial charge in [-0.1, -0.05) is 18.2 Å². The summed E-state index contributed by atoms with van der Waals surface area (Å²) in [6.45, 7) is 7.11. The fourth-order valence-corrected chi connectivity index (χ4v) is 1.48. The van der Waals surface area contributed by atoms with Crippen LogP contribution in [-0.2, 0) is 12.7 Å². The predicted molar refractivity (Wildman–Crippen MR) is 89.9 cm³/mol. The number of hydrogen-bond donors (Lipinski definition) is 2. The zero-order chi connectivity index (χ0) is 15.0. The lowest BCUT2D eigenvalue weighted by atomic mass is 10.1. The summed E-state index contributed by atoms with van der Waals surface area (Å²) in [5, 5.41) is 6.05. The Bertz CT molecular complexity index is 456. The van der Waals surface area contributed by atoms with Gasteiger partial charge in [0, 0.05) is 13.1 Å². The standard InChI is InChI=1S/C14H18F3N3.HI/c1-3-9-19-13(18-4-2)20-10-11-5-7-12(8-6-11)14(15,16)17;/h3,5-8H,1,4,9-10H2,2H3,(H2,18,19,20);1H. The third kappa shape index (κ3) is 7.35. The molecule has 118 valence electrons. The number of halogens is 4. The summed E-state index contributed by atoms with van der Waals surface area (Å²) in [7, 11) is 0. The lowest BCUT2D eigenvalue weighted by Crippen LogP contribution is -2.37. The number of nitrogens with zero attached hydrogens (tertiary/aromatic N) is 1. The number of alkyl halides is 3. The van der Waals surface area contributed by atoms with Gasteiger partial charge in [-0.3, -0.25) is 0 Å². The van der Waals surface area contributed by atoms with Crippen molar-refractivity contribution in [1.29, 1.82) is 0 Å². The van der Waals surface area contributed by atoms with Gasteiger partial charge in [-0.05, 0) is 24.6 Å². The Hall–Kier alpha value is -1.25. The average molecular weight is 413 g/mol. The summed E-state index contributed by atoms with van der Waals surface area (Å²) >= 11 is 0. The molecule has 0 fully saturated rings. The van der Waals surface area contributed by atoms with Gasteiger partial charge in [0.15, 0.2) is 5.96 Å². The normalized spacial score (nSPS) is 11.5. The van der Waals surface area contributed by atoms with Crippen LogP contribution in [0.2, 0.25) is 0 Å². The van der Waals surface area contributed by atoms with Gasteiger partial charge in [-0.2, -0.15) is 13.2 Å². The molecule has 0 spiro atoms. The Balaban J connectivity index is 0.00000400. The molecule has 0 heterocycles. The van der Waals surface area contributed by atoms with Gasteiger partial charge < -0.3 is 10.6 Å². The van der Waals surface area contributed by atoms with E-state index in [1.807, 2.05) is 6.92 Å². The highest BCUT2D eigenvalue weighted by Crippen LogP contribution is 2.29. The number of aliphatic imine (C=N–C) groups is 1. The van der Waals surface area contributed by atoms with Crippen LogP contribution < -0.4 is 10.6 Å². The number of nitrogens with one attached hydrogen (secondary N) is 2. The van der Waals surface area contributed by atoms with Crippen LogP contribution in [0.15, 0.2) is 41.9 Å². The van der Waals surface area contributed by atoms with E-state index in [-0.39, 0.29) is 24.0 Å². The Morgan fingerprint density at radius 2 is 1.86 bits per heavy atom. The maximum absolute atomic E-state index is 12.4. The van der Waals surface area contributed by atoms with Crippen molar-refractivity contribution in [3.05, 3.63) is 48.0 Å². The maximum Gasteiger partial charge on any atom is 0.416 e. The van der Waals surface area contributed by atoms with Crippen molar-refractivity contribution in [3.63, 3.8) is 0 Å². The molecule has 0 aliphatic carbocycles. The number of rotatable bonds is 5. The van der Waals surface area contributed by atoms with Gasteiger partial charge in [-0.15, -0.1) is 30.6 Å². The number of hydrogen-bond acceptors (Lipinski definition) is 1. The SMILES string of the molecule is C=CCNC(=NCc1ccc(C(F)(F)F)cc1)NCC.I. The van der Waals surface area contributed by atoms with E-state index in [9.17, 15) is 13.2 Å². The lowest BCUT2D eigenvalue weighted by Gasteiger charge is -2.10. The van der Waals surface area contributed by atoms with Gasteiger partial charge >= 0.3 is 6.18 Å². The third-order valence-corrected chi connectivity index (χ3v) is 2.46. The minimum Gasteiger partial charge on any atom is -0.357 e. The van der Waals surface area contributed by atoms with Crippen LogP contribution in [0.5, 0.6) is 0 Å². The molecule has 0 radical (unpaired) electrons. The Kier molecular flexibility index (Phi) is 9.07. The summed E-state index contributed by atoms with van der Waals surface area (Å²) in [5.41, 5.74) is 0.0655. The van der Waals surface area contributed by atoms with Gasteiger partial charge in [0.1, 0.15) is 0 Å². The molecule has 0 saturated carbocycles. The zero-order valence-electron chi connectivity index (χ0n) is 11.7. The molecule has 0 amide bonds. The fourth-order valence-electron chi connectivity index (χ4n) is 1.48. The summed E-state index contributed by atoms with van der Waals surface area (Å²) in [6, 6.07) is 5.00. The van der Waals surface area contributed by atoms with Gasteiger partial charge in [0.05, 0.1) is 12.1 Å². The Morgan fingerprint density at radius 1 is 1.24 bits per heavy atom. The fraction of sp³-hybridized carbons (Fsp3) is 0.357. The first kappa shape index (κ1) is 19.8. The molecule has 1 rings (SSSR count). The number of benzene rings is 1. The molecular formula is C14H19F3IN3. The largest absolute Gasteiger partial charge is 0.416 e. The molecule has 0 aliphatic heterocycles. The molecule has 3 nitrogen and oxygen atoms in total. The predicted octanol–water partition coefficient (Wildman–Crippen LogP) is 3.56. The van der Waals surface area contributed by atoms with E-state index < -0.39 is 11.7 Å². The second-order valence-electron chi connectivity index (χ2n) is 4.06. The molecule has 1 aromatic rings. The first-order chi connectivity index (χ1) is 9.47. The quantitative estimate of drug-likeness (QED) is 0.335. The zero-order valence-corrected chi connectivity index (χ0v) is 14.0. The van der Waals surface area contributed by atoms with Gasteiger partial charge in [0.2, 0.25) is 0 Å². The molecule has 0 saturated heterocycles. The van der Waals surface area contributed by atoms with Crippen LogP contribution in [0.25, 0.3) is 0 Å². The lowest BCUT2D eigenvalue weighted by molar-refractivity contribution is -0.137. The molecule has 0 aromatic heterocycles. The van der Waals surface area contributed by atoms with E-state index in [0.717, 1.165) is 12.1 Å². The van der Waals surface area contributed by atoms with Crippen molar-refractivity contribution in [1.82, 2.24) is 10.6 Å². The third-order valence-electron chi connectivity index (χ3n) is 2.46. The van der Waals surface area contributed by atoms with Crippen molar-refractivity contribution >= 4 is 29.9 Å². The van der Waals surface area contributed by atoms with Crippen LogP contribution in [0.3, 0.4) is 0 Å². The van der Waals surface area contributed by atoms with Crippen molar-refractivity contribution in [2.24, 2.45) is 4.99 Å². The summed E-state index contributed by atoms with van der Waals surface area (Å²) < 4.78 is 37.2. The Morgan fingerprint density at radius 3 is 2.33 bits per heavy atom. The van der Waals surface area contributed by atoms with Crippen molar-refractivity contribution in [3.8, 4) is 0 Å². The molecule has 1 aromatic carbocycles. The molecule has 0 aliphatic rings. The second-order valence-corrected chi connectivity index (χ2v) is 4.06. The summed E-state index contributed by atoms with van der Waals surface area (Å²) in [6.07, 6.45) is -2.60. The molecule has 0 unspecified atom stereocenters. The van der Waals surface area contributed by atoms with Crippen LogP contribution in [0.1, 0.15) is 18.1 Å². The topological polar surface area (TPSA) is 36.4 Å². The monoisotopic (exact) mass is 413 g/mol. The van der Waals surface area contributed by atoms with E-state index in [2.05, 4.69) is 22.2 Å². The minimum atomic E-state index is -4.30. The highest BCUT2D eigenvalue weighted by atomic mass is 127. The molecule has 0 atom stereocenters. The van der Waals surface area contributed by atoms with Gasteiger partial charge in [-0.25, -0.2) is 4.99 Å². The minimum absolute atomic E-state index is 0. The molecule has 7 heteroatoms. The number of guanidine groups is 1. The van der Waals surface area contributed by atoms with Gasteiger partial charge in [0.25, 0.3) is 0 Å². The summed E-state index contributed by atoms with van der Waals surface area (Å²) in [5.74, 6) is 0.604. The van der Waals surface area contributed by atoms with Crippen LogP contribution in [0, 0.1) is 0 Å². The van der Waals surface area contributed by atoms with E-state index in [1.54, 1.807) is 6.08 Å². The molecule has 21 heavy (non-hydrogen) atoms.